The van der Waals surface area contributed by atoms with E-state index in [1.54, 1.807) is 6.07 Å². The van der Waals surface area contributed by atoms with Gasteiger partial charge < -0.3 is 4.90 Å². The molecule has 1 aliphatic rings. The van der Waals surface area contributed by atoms with Gasteiger partial charge in [-0.1, -0.05) is 19.9 Å². The Hall–Kier alpha value is -1.23. The smallest absolute Gasteiger partial charge is 0.369 e. The van der Waals surface area contributed by atoms with Crippen LogP contribution in [-0.4, -0.2) is 37.6 Å². The first-order valence-electron chi connectivity index (χ1n) is 7.01. The minimum absolute atomic E-state index is 0.570. The van der Waals surface area contributed by atoms with Crippen LogP contribution in [0, 0.1) is 5.92 Å². The maximum atomic E-state index is 12.7. The predicted molar refractivity (Wildman–Crippen MR) is 74.9 cm³/mol. The van der Waals surface area contributed by atoms with E-state index < -0.39 is 11.7 Å². The molecule has 0 unspecified atom stereocenters. The van der Waals surface area contributed by atoms with Crippen LogP contribution < -0.4 is 4.90 Å². The number of hydrogen-bond acceptors (Lipinski definition) is 2. The number of benzene rings is 1. The third-order valence-electron chi connectivity index (χ3n) is 3.53. The van der Waals surface area contributed by atoms with Gasteiger partial charge in [-0.25, -0.2) is 0 Å². The molecule has 0 aromatic heterocycles. The number of piperazine rings is 1. The van der Waals surface area contributed by atoms with Crippen molar-refractivity contribution in [3.05, 3.63) is 29.8 Å². The van der Waals surface area contributed by atoms with Crippen LogP contribution in [0.15, 0.2) is 24.3 Å². The Morgan fingerprint density at radius 2 is 1.75 bits per heavy atom. The predicted octanol–water partition coefficient (Wildman–Crippen LogP) is 3.48. The van der Waals surface area contributed by atoms with E-state index >= 15 is 0 Å². The SMILES string of the molecule is CC(C)CN1CCN(c2cccc(C(F)(F)F)c2)CC1. The molecule has 1 heterocycles. The summed E-state index contributed by atoms with van der Waals surface area (Å²) in [5, 5.41) is 0. The Kier molecular flexibility index (Phi) is 4.58. The lowest BCUT2D eigenvalue weighted by Gasteiger charge is -2.37. The summed E-state index contributed by atoms with van der Waals surface area (Å²) in [6, 6.07) is 5.61. The third-order valence-corrected chi connectivity index (χ3v) is 3.53. The summed E-state index contributed by atoms with van der Waals surface area (Å²) in [5.41, 5.74) is 0.101. The van der Waals surface area contributed by atoms with Gasteiger partial charge in [-0.05, 0) is 24.1 Å². The lowest BCUT2D eigenvalue weighted by atomic mass is 10.1. The molecule has 1 aliphatic heterocycles. The Labute approximate surface area is 118 Å². The number of alkyl halides is 3. The standard InChI is InChI=1S/C15H21F3N2/c1-12(2)11-19-6-8-20(9-7-19)14-5-3-4-13(10-14)15(16,17)18/h3-5,10,12H,6-9,11H2,1-2H3. The van der Waals surface area contributed by atoms with E-state index in [2.05, 4.69) is 18.7 Å². The monoisotopic (exact) mass is 286 g/mol. The molecule has 0 atom stereocenters. The summed E-state index contributed by atoms with van der Waals surface area (Å²) in [6.45, 7) is 8.81. The Balaban J connectivity index is 2.00. The fraction of sp³-hybridized carbons (Fsp3) is 0.600. The van der Waals surface area contributed by atoms with Crippen LogP contribution in [0.1, 0.15) is 19.4 Å². The van der Waals surface area contributed by atoms with Crippen LogP contribution in [0.3, 0.4) is 0 Å². The highest BCUT2D eigenvalue weighted by Crippen LogP contribution is 2.31. The minimum Gasteiger partial charge on any atom is -0.369 e. The lowest BCUT2D eigenvalue weighted by molar-refractivity contribution is -0.137. The first kappa shape index (κ1) is 15.2. The largest absolute Gasteiger partial charge is 0.416 e. The number of rotatable bonds is 3. The van der Waals surface area contributed by atoms with Crippen LogP contribution >= 0.6 is 0 Å². The van der Waals surface area contributed by atoms with E-state index in [0.29, 0.717) is 11.6 Å². The number of halogens is 3. The highest BCUT2D eigenvalue weighted by Gasteiger charge is 2.31. The van der Waals surface area contributed by atoms with Gasteiger partial charge in [-0.3, -0.25) is 4.90 Å². The van der Waals surface area contributed by atoms with Gasteiger partial charge in [0.25, 0.3) is 0 Å². The van der Waals surface area contributed by atoms with Crippen LogP contribution in [0.4, 0.5) is 18.9 Å². The molecule has 0 saturated carbocycles. The highest BCUT2D eigenvalue weighted by atomic mass is 19.4. The van der Waals surface area contributed by atoms with Gasteiger partial charge >= 0.3 is 6.18 Å². The van der Waals surface area contributed by atoms with E-state index in [1.807, 2.05) is 4.90 Å². The van der Waals surface area contributed by atoms with Crippen LogP contribution in [0.25, 0.3) is 0 Å². The molecule has 0 radical (unpaired) electrons. The molecular formula is C15H21F3N2. The Morgan fingerprint density at radius 3 is 2.30 bits per heavy atom. The topological polar surface area (TPSA) is 6.48 Å². The van der Waals surface area contributed by atoms with Crippen molar-refractivity contribution in [3.8, 4) is 0 Å². The van der Waals surface area contributed by atoms with Crippen molar-refractivity contribution in [1.82, 2.24) is 4.90 Å². The molecule has 2 rings (SSSR count). The van der Waals surface area contributed by atoms with Crippen molar-refractivity contribution in [1.29, 1.82) is 0 Å². The van der Waals surface area contributed by atoms with Gasteiger partial charge in [-0.15, -0.1) is 0 Å². The Morgan fingerprint density at radius 1 is 1.10 bits per heavy atom. The van der Waals surface area contributed by atoms with Gasteiger partial charge in [0.1, 0.15) is 0 Å². The molecule has 1 aromatic carbocycles. The second kappa shape index (κ2) is 6.04. The van der Waals surface area contributed by atoms with Gasteiger partial charge in [-0.2, -0.15) is 13.2 Å². The minimum atomic E-state index is -4.27. The average Bonchev–Trinajstić information content (AvgIpc) is 2.38. The molecular weight excluding hydrogens is 265 g/mol. The Bertz CT molecular complexity index is 435. The molecule has 20 heavy (non-hydrogen) atoms. The second-order valence-electron chi connectivity index (χ2n) is 5.73. The molecule has 0 bridgehead atoms. The van der Waals surface area contributed by atoms with E-state index in [9.17, 15) is 13.2 Å². The average molecular weight is 286 g/mol. The molecule has 0 amide bonds. The van der Waals surface area contributed by atoms with Crippen molar-refractivity contribution in [2.24, 2.45) is 5.92 Å². The summed E-state index contributed by atoms with van der Waals surface area (Å²) in [5.74, 6) is 0.620. The molecule has 0 aliphatic carbocycles. The van der Waals surface area contributed by atoms with Crippen LogP contribution in [-0.2, 0) is 6.18 Å². The first-order chi connectivity index (χ1) is 9.36. The maximum Gasteiger partial charge on any atom is 0.416 e. The van der Waals surface area contributed by atoms with E-state index in [-0.39, 0.29) is 0 Å². The zero-order valence-corrected chi connectivity index (χ0v) is 12.0. The van der Waals surface area contributed by atoms with Gasteiger partial charge in [0, 0.05) is 38.4 Å². The molecule has 112 valence electrons. The zero-order chi connectivity index (χ0) is 14.8. The fourth-order valence-corrected chi connectivity index (χ4v) is 2.58. The molecule has 1 aromatic rings. The first-order valence-corrected chi connectivity index (χ1v) is 7.01. The molecule has 2 nitrogen and oxygen atoms in total. The molecule has 5 heteroatoms. The zero-order valence-electron chi connectivity index (χ0n) is 12.0. The van der Waals surface area contributed by atoms with E-state index in [0.717, 1.165) is 38.8 Å². The summed E-state index contributed by atoms with van der Waals surface area (Å²) in [4.78, 5) is 4.40. The highest BCUT2D eigenvalue weighted by molar-refractivity contribution is 5.49. The maximum absolute atomic E-state index is 12.7. The molecule has 1 saturated heterocycles. The van der Waals surface area contributed by atoms with Crippen LogP contribution in [0.2, 0.25) is 0 Å². The number of anilines is 1. The van der Waals surface area contributed by atoms with Gasteiger partial charge in [0.2, 0.25) is 0 Å². The van der Waals surface area contributed by atoms with E-state index in [1.165, 1.54) is 12.1 Å². The number of nitrogens with zero attached hydrogens (tertiary/aromatic N) is 2. The number of hydrogen-bond donors (Lipinski definition) is 0. The summed E-state index contributed by atoms with van der Waals surface area (Å²) in [6.07, 6.45) is -4.27. The molecule has 0 N–H and O–H groups in total. The van der Waals surface area contributed by atoms with Gasteiger partial charge in [0.05, 0.1) is 5.56 Å². The van der Waals surface area contributed by atoms with Crippen molar-refractivity contribution in [2.75, 3.05) is 37.6 Å². The third kappa shape index (κ3) is 3.88. The fourth-order valence-electron chi connectivity index (χ4n) is 2.58. The quantitative estimate of drug-likeness (QED) is 0.839. The summed E-state index contributed by atoms with van der Waals surface area (Å²) in [7, 11) is 0. The second-order valence-corrected chi connectivity index (χ2v) is 5.73. The lowest BCUT2D eigenvalue weighted by Crippen LogP contribution is -2.47. The summed E-state index contributed by atoms with van der Waals surface area (Å²) >= 11 is 0. The van der Waals surface area contributed by atoms with Crippen molar-refractivity contribution in [3.63, 3.8) is 0 Å². The normalized spacial score (nSPS) is 17.8. The van der Waals surface area contributed by atoms with Gasteiger partial charge in [0.15, 0.2) is 0 Å². The van der Waals surface area contributed by atoms with Crippen molar-refractivity contribution in [2.45, 2.75) is 20.0 Å². The van der Waals surface area contributed by atoms with E-state index in [4.69, 9.17) is 0 Å². The van der Waals surface area contributed by atoms with Crippen molar-refractivity contribution < 1.29 is 13.2 Å². The van der Waals surface area contributed by atoms with Crippen LogP contribution in [0.5, 0.6) is 0 Å². The molecule has 0 spiro atoms. The summed E-state index contributed by atoms with van der Waals surface area (Å²) < 4.78 is 38.1. The molecule has 1 fully saturated rings. The van der Waals surface area contributed by atoms with Crippen molar-refractivity contribution >= 4 is 5.69 Å².